The summed E-state index contributed by atoms with van der Waals surface area (Å²) in [7, 11) is 0. The van der Waals surface area contributed by atoms with E-state index in [9.17, 15) is 0 Å². The van der Waals surface area contributed by atoms with Gasteiger partial charge in [-0.15, -0.1) is 0 Å². The van der Waals surface area contributed by atoms with Crippen LogP contribution in [0.3, 0.4) is 0 Å². The van der Waals surface area contributed by atoms with Gasteiger partial charge in [0.05, 0.1) is 0 Å². The molecule has 0 fully saturated rings. The maximum atomic E-state index is 6.00. The highest BCUT2D eigenvalue weighted by Crippen LogP contribution is 2.26. The van der Waals surface area contributed by atoms with Crippen molar-refractivity contribution in [2.45, 2.75) is 53.0 Å². The van der Waals surface area contributed by atoms with E-state index < -0.39 is 0 Å². The van der Waals surface area contributed by atoms with E-state index in [-0.39, 0.29) is 5.54 Å². The molecule has 0 radical (unpaired) electrons. The van der Waals surface area contributed by atoms with Crippen molar-refractivity contribution >= 4 is 0 Å². The highest BCUT2D eigenvalue weighted by molar-refractivity contribution is 4.82. The lowest BCUT2D eigenvalue weighted by atomic mass is 9.80. The normalized spacial score (nSPS) is 18.6. The van der Waals surface area contributed by atoms with E-state index >= 15 is 0 Å². The van der Waals surface area contributed by atoms with Gasteiger partial charge in [-0.05, 0) is 25.2 Å². The Morgan fingerprint density at radius 2 is 1.50 bits per heavy atom. The van der Waals surface area contributed by atoms with Crippen molar-refractivity contribution in [1.29, 1.82) is 0 Å². The Hall–Kier alpha value is -0.0400. The zero-order chi connectivity index (χ0) is 8.41. The number of hydrogen-bond acceptors (Lipinski definition) is 1. The third kappa shape index (κ3) is 4.80. The lowest BCUT2D eigenvalue weighted by molar-refractivity contribution is 0.265. The molecule has 0 heterocycles. The van der Waals surface area contributed by atoms with E-state index in [0.717, 1.165) is 12.8 Å². The SMILES string of the molecule is CCC(C)(N)CC(C)(C)C. The summed E-state index contributed by atoms with van der Waals surface area (Å²) in [5.74, 6) is 0. The second kappa shape index (κ2) is 2.91. The van der Waals surface area contributed by atoms with Crippen molar-refractivity contribution < 1.29 is 0 Å². The molecule has 0 saturated heterocycles. The molecule has 0 bridgehead atoms. The first-order valence-corrected chi connectivity index (χ1v) is 4.06. The minimum absolute atomic E-state index is 0.0260. The van der Waals surface area contributed by atoms with E-state index in [1.807, 2.05) is 0 Å². The Labute approximate surface area is 65.0 Å². The van der Waals surface area contributed by atoms with Crippen LogP contribution in [0.1, 0.15) is 47.5 Å². The summed E-state index contributed by atoms with van der Waals surface area (Å²) in [5, 5.41) is 0. The fraction of sp³-hybridized carbons (Fsp3) is 1.00. The topological polar surface area (TPSA) is 26.0 Å². The molecule has 0 aromatic rings. The van der Waals surface area contributed by atoms with Crippen molar-refractivity contribution in [3.8, 4) is 0 Å². The van der Waals surface area contributed by atoms with Crippen LogP contribution >= 0.6 is 0 Å². The fourth-order valence-electron chi connectivity index (χ4n) is 1.34. The highest BCUT2D eigenvalue weighted by Gasteiger charge is 2.23. The van der Waals surface area contributed by atoms with Gasteiger partial charge in [-0.1, -0.05) is 27.7 Å². The van der Waals surface area contributed by atoms with Crippen LogP contribution in [0.15, 0.2) is 0 Å². The first-order chi connectivity index (χ1) is 4.27. The Kier molecular flexibility index (Phi) is 2.90. The van der Waals surface area contributed by atoms with Gasteiger partial charge in [0.15, 0.2) is 0 Å². The minimum atomic E-state index is 0.0260. The van der Waals surface area contributed by atoms with Gasteiger partial charge in [-0.25, -0.2) is 0 Å². The molecular formula is C9H21N. The van der Waals surface area contributed by atoms with Gasteiger partial charge in [0.1, 0.15) is 0 Å². The third-order valence-electron chi connectivity index (χ3n) is 1.74. The Balaban J connectivity index is 3.89. The molecule has 1 unspecified atom stereocenters. The molecule has 0 amide bonds. The van der Waals surface area contributed by atoms with Gasteiger partial charge < -0.3 is 5.73 Å². The molecule has 0 rings (SSSR count). The predicted octanol–water partition coefficient (Wildman–Crippen LogP) is 2.55. The molecule has 10 heavy (non-hydrogen) atoms. The molecular weight excluding hydrogens is 122 g/mol. The smallest absolute Gasteiger partial charge is 0.0128 e. The van der Waals surface area contributed by atoms with Gasteiger partial charge in [0.25, 0.3) is 0 Å². The van der Waals surface area contributed by atoms with Gasteiger partial charge in [0, 0.05) is 5.54 Å². The lowest BCUT2D eigenvalue weighted by Crippen LogP contribution is -2.39. The zero-order valence-electron chi connectivity index (χ0n) is 7.99. The van der Waals surface area contributed by atoms with E-state index in [1.54, 1.807) is 0 Å². The number of rotatable bonds is 2. The third-order valence-corrected chi connectivity index (χ3v) is 1.74. The van der Waals surface area contributed by atoms with Crippen molar-refractivity contribution in [3.63, 3.8) is 0 Å². The van der Waals surface area contributed by atoms with Gasteiger partial charge in [-0.3, -0.25) is 0 Å². The summed E-state index contributed by atoms with van der Waals surface area (Å²) in [6.07, 6.45) is 2.15. The van der Waals surface area contributed by atoms with E-state index in [4.69, 9.17) is 5.73 Å². The lowest BCUT2D eigenvalue weighted by Gasteiger charge is -2.31. The van der Waals surface area contributed by atoms with Crippen LogP contribution in [-0.2, 0) is 0 Å². The summed E-state index contributed by atoms with van der Waals surface area (Å²) < 4.78 is 0. The Morgan fingerprint density at radius 1 is 1.10 bits per heavy atom. The molecule has 0 spiro atoms. The molecule has 0 aromatic carbocycles. The number of nitrogens with two attached hydrogens (primary N) is 1. The molecule has 0 aliphatic rings. The summed E-state index contributed by atoms with van der Waals surface area (Å²) in [4.78, 5) is 0. The second-order valence-corrected chi connectivity index (χ2v) is 4.75. The Bertz CT molecular complexity index is 97.8. The van der Waals surface area contributed by atoms with E-state index in [1.165, 1.54) is 0 Å². The van der Waals surface area contributed by atoms with Crippen molar-refractivity contribution in [2.24, 2.45) is 11.1 Å². The minimum Gasteiger partial charge on any atom is -0.325 e. The summed E-state index contributed by atoms with van der Waals surface area (Å²) in [6, 6.07) is 0. The highest BCUT2D eigenvalue weighted by atomic mass is 14.7. The zero-order valence-corrected chi connectivity index (χ0v) is 7.99. The molecule has 0 saturated carbocycles. The van der Waals surface area contributed by atoms with Crippen molar-refractivity contribution in [3.05, 3.63) is 0 Å². The van der Waals surface area contributed by atoms with Gasteiger partial charge >= 0.3 is 0 Å². The van der Waals surface area contributed by atoms with Crippen LogP contribution < -0.4 is 5.73 Å². The van der Waals surface area contributed by atoms with Crippen LogP contribution in [0.4, 0.5) is 0 Å². The van der Waals surface area contributed by atoms with Crippen LogP contribution in [-0.4, -0.2) is 5.54 Å². The van der Waals surface area contributed by atoms with Crippen LogP contribution in [0.25, 0.3) is 0 Å². The fourth-order valence-corrected chi connectivity index (χ4v) is 1.34. The summed E-state index contributed by atoms with van der Waals surface area (Å²) in [5.41, 5.74) is 6.39. The van der Waals surface area contributed by atoms with Crippen LogP contribution in [0.5, 0.6) is 0 Å². The monoisotopic (exact) mass is 143 g/mol. The van der Waals surface area contributed by atoms with Gasteiger partial charge in [0.2, 0.25) is 0 Å². The van der Waals surface area contributed by atoms with Crippen molar-refractivity contribution in [1.82, 2.24) is 0 Å². The Morgan fingerprint density at radius 3 is 1.60 bits per heavy atom. The molecule has 1 nitrogen and oxygen atoms in total. The standard InChI is InChI=1S/C9H21N/c1-6-9(5,10)7-8(2,3)4/h6-7,10H2,1-5H3. The van der Waals surface area contributed by atoms with E-state index in [0.29, 0.717) is 5.41 Å². The average molecular weight is 143 g/mol. The summed E-state index contributed by atoms with van der Waals surface area (Å²) >= 11 is 0. The average Bonchev–Trinajstić information content (AvgIpc) is 1.60. The number of hydrogen-bond donors (Lipinski definition) is 1. The quantitative estimate of drug-likeness (QED) is 0.631. The van der Waals surface area contributed by atoms with Gasteiger partial charge in [-0.2, -0.15) is 0 Å². The first-order valence-electron chi connectivity index (χ1n) is 4.06. The van der Waals surface area contributed by atoms with Crippen LogP contribution in [0, 0.1) is 5.41 Å². The summed E-state index contributed by atoms with van der Waals surface area (Å²) in [6.45, 7) is 11.0. The van der Waals surface area contributed by atoms with E-state index in [2.05, 4.69) is 34.6 Å². The maximum Gasteiger partial charge on any atom is 0.0128 e. The molecule has 0 aromatic heterocycles. The second-order valence-electron chi connectivity index (χ2n) is 4.75. The molecule has 2 N–H and O–H groups in total. The molecule has 1 atom stereocenters. The predicted molar refractivity (Wildman–Crippen MR) is 47.0 cm³/mol. The maximum absolute atomic E-state index is 6.00. The van der Waals surface area contributed by atoms with Crippen molar-refractivity contribution in [2.75, 3.05) is 0 Å². The molecule has 0 aliphatic heterocycles. The molecule has 1 heteroatoms. The molecule has 0 aliphatic carbocycles. The molecule has 62 valence electrons. The first kappa shape index (κ1) is 9.96. The largest absolute Gasteiger partial charge is 0.325 e. The van der Waals surface area contributed by atoms with Crippen LogP contribution in [0.2, 0.25) is 0 Å².